The first kappa shape index (κ1) is 9.21. The Morgan fingerprint density at radius 2 is 2.14 bits per heavy atom. The van der Waals surface area contributed by atoms with Crippen LogP contribution < -0.4 is 0 Å². The first-order valence-electron chi connectivity index (χ1n) is 4.66. The van der Waals surface area contributed by atoms with Crippen LogP contribution in [0.4, 0.5) is 0 Å². The molecular formula is C11H12O3. The van der Waals surface area contributed by atoms with Crippen molar-refractivity contribution in [2.75, 3.05) is 0 Å². The highest BCUT2D eigenvalue weighted by Gasteiger charge is 2.31. The van der Waals surface area contributed by atoms with Gasteiger partial charge in [-0.05, 0) is 17.5 Å². The smallest absolute Gasteiger partial charge is 0.304 e. The number of carboxylic acids is 1. The average Bonchev–Trinajstić information content (AvgIpc) is 2.43. The summed E-state index contributed by atoms with van der Waals surface area (Å²) in [6.07, 6.45) is 0.0512. The van der Waals surface area contributed by atoms with Crippen LogP contribution in [0.2, 0.25) is 0 Å². The van der Waals surface area contributed by atoms with Gasteiger partial charge in [-0.1, -0.05) is 24.3 Å². The standard InChI is InChI=1S/C11H12O3/c12-10-5-7-3-1-2-4-8(7)9(10)6-11(13)14/h1-4,9-10,12H,5-6H2,(H,13,14)/t9-,10-/m0/s1. The van der Waals surface area contributed by atoms with Gasteiger partial charge in [-0.2, -0.15) is 0 Å². The summed E-state index contributed by atoms with van der Waals surface area (Å²) < 4.78 is 0. The molecule has 0 aromatic heterocycles. The van der Waals surface area contributed by atoms with E-state index in [4.69, 9.17) is 5.11 Å². The Morgan fingerprint density at radius 3 is 2.86 bits per heavy atom. The number of rotatable bonds is 2. The van der Waals surface area contributed by atoms with Gasteiger partial charge in [-0.25, -0.2) is 0 Å². The van der Waals surface area contributed by atoms with Crippen molar-refractivity contribution in [2.45, 2.75) is 24.9 Å². The van der Waals surface area contributed by atoms with Crippen LogP contribution in [-0.2, 0) is 11.2 Å². The van der Waals surface area contributed by atoms with Crippen molar-refractivity contribution in [1.82, 2.24) is 0 Å². The number of carboxylic acid groups (broad SMARTS) is 1. The van der Waals surface area contributed by atoms with Crippen molar-refractivity contribution in [3.8, 4) is 0 Å². The zero-order valence-electron chi connectivity index (χ0n) is 7.68. The zero-order chi connectivity index (χ0) is 10.1. The second kappa shape index (κ2) is 3.42. The Hall–Kier alpha value is -1.35. The van der Waals surface area contributed by atoms with Gasteiger partial charge in [0, 0.05) is 5.92 Å². The lowest BCUT2D eigenvalue weighted by atomic mass is 9.96. The number of aliphatic hydroxyl groups excluding tert-OH is 1. The van der Waals surface area contributed by atoms with Crippen LogP contribution in [0.15, 0.2) is 24.3 Å². The fraction of sp³-hybridized carbons (Fsp3) is 0.364. The lowest BCUT2D eigenvalue weighted by molar-refractivity contribution is -0.138. The summed E-state index contributed by atoms with van der Waals surface area (Å²) in [5, 5.41) is 18.4. The van der Waals surface area contributed by atoms with Crippen LogP contribution in [0.3, 0.4) is 0 Å². The fourth-order valence-electron chi connectivity index (χ4n) is 2.09. The number of benzene rings is 1. The van der Waals surface area contributed by atoms with Gasteiger partial charge in [0.2, 0.25) is 0 Å². The fourth-order valence-corrected chi connectivity index (χ4v) is 2.09. The van der Waals surface area contributed by atoms with E-state index in [-0.39, 0.29) is 12.3 Å². The zero-order valence-corrected chi connectivity index (χ0v) is 7.68. The SMILES string of the molecule is O=C(O)C[C@H]1c2ccccc2C[C@@H]1O. The van der Waals surface area contributed by atoms with Gasteiger partial charge in [-0.3, -0.25) is 4.79 Å². The third-order valence-corrected chi connectivity index (χ3v) is 2.74. The van der Waals surface area contributed by atoms with Gasteiger partial charge in [0.1, 0.15) is 0 Å². The molecule has 0 saturated carbocycles. The largest absolute Gasteiger partial charge is 0.481 e. The van der Waals surface area contributed by atoms with E-state index in [0.717, 1.165) is 11.1 Å². The van der Waals surface area contributed by atoms with E-state index in [9.17, 15) is 9.90 Å². The predicted molar refractivity (Wildman–Crippen MR) is 51.1 cm³/mol. The van der Waals surface area contributed by atoms with Crippen LogP contribution >= 0.6 is 0 Å². The van der Waals surface area contributed by atoms with E-state index < -0.39 is 12.1 Å². The molecule has 0 amide bonds. The topological polar surface area (TPSA) is 57.5 Å². The van der Waals surface area contributed by atoms with Crippen LogP contribution in [0.25, 0.3) is 0 Å². The van der Waals surface area contributed by atoms with E-state index in [2.05, 4.69) is 0 Å². The molecule has 0 bridgehead atoms. The maximum atomic E-state index is 10.6. The minimum absolute atomic E-state index is 0.0121. The lowest BCUT2D eigenvalue weighted by Crippen LogP contribution is -2.16. The third kappa shape index (κ3) is 1.51. The van der Waals surface area contributed by atoms with Crippen molar-refractivity contribution in [3.05, 3.63) is 35.4 Å². The van der Waals surface area contributed by atoms with Crippen molar-refractivity contribution in [3.63, 3.8) is 0 Å². The highest BCUT2D eigenvalue weighted by Crippen LogP contribution is 2.35. The minimum atomic E-state index is -0.856. The van der Waals surface area contributed by atoms with Gasteiger partial charge in [0.25, 0.3) is 0 Å². The Morgan fingerprint density at radius 1 is 1.43 bits per heavy atom. The highest BCUT2D eigenvalue weighted by molar-refractivity contribution is 5.68. The molecule has 2 N–H and O–H groups in total. The predicted octanol–water partition coefficient (Wildman–Crippen LogP) is 1.16. The van der Waals surface area contributed by atoms with Crippen molar-refractivity contribution >= 4 is 5.97 Å². The third-order valence-electron chi connectivity index (χ3n) is 2.74. The molecule has 14 heavy (non-hydrogen) atoms. The van der Waals surface area contributed by atoms with Crippen molar-refractivity contribution < 1.29 is 15.0 Å². The van der Waals surface area contributed by atoms with E-state index in [1.54, 1.807) is 0 Å². The number of fused-ring (bicyclic) bond motifs is 1. The molecule has 0 aliphatic heterocycles. The second-order valence-electron chi connectivity index (χ2n) is 3.67. The highest BCUT2D eigenvalue weighted by atomic mass is 16.4. The molecule has 3 heteroatoms. The number of aliphatic carboxylic acids is 1. The van der Waals surface area contributed by atoms with E-state index in [1.807, 2.05) is 24.3 Å². The molecule has 1 aromatic rings. The van der Waals surface area contributed by atoms with Crippen LogP contribution in [0.5, 0.6) is 0 Å². The molecule has 0 unspecified atom stereocenters. The summed E-state index contributed by atoms with van der Waals surface area (Å²) >= 11 is 0. The molecule has 0 radical (unpaired) electrons. The van der Waals surface area contributed by atoms with Crippen molar-refractivity contribution in [2.24, 2.45) is 0 Å². The summed E-state index contributed by atoms with van der Waals surface area (Å²) in [5.41, 5.74) is 2.06. The van der Waals surface area contributed by atoms with Gasteiger partial charge in [0.15, 0.2) is 0 Å². The number of hydrogen-bond donors (Lipinski definition) is 2. The summed E-state index contributed by atoms with van der Waals surface area (Å²) in [6, 6.07) is 7.64. The molecule has 1 aliphatic carbocycles. The summed E-state index contributed by atoms with van der Waals surface area (Å²) in [7, 11) is 0. The van der Waals surface area contributed by atoms with Gasteiger partial charge in [0.05, 0.1) is 12.5 Å². The van der Waals surface area contributed by atoms with Crippen LogP contribution in [0, 0.1) is 0 Å². The molecule has 0 spiro atoms. The van der Waals surface area contributed by atoms with E-state index in [0.29, 0.717) is 6.42 Å². The van der Waals surface area contributed by atoms with E-state index in [1.165, 1.54) is 0 Å². The first-order valence-corrected chi connectivity index (χ1v) is 4.66. The Labute approximate surface area is 82.0 Å². The lowest BCUT2D eigenvalue weighted by Gasteiger charge is -2.12. The molecular weight excluding hydrogens is 180 g/mol. The average molecular weight is 192 g/mol. The Balaban J connectivity index is 2.30. The van der Waals surface area contributed by atoms with Gasteiger partial charge in [-0.15, -0.1) is 0 Å². The Bertz CT molecular complexity index is 359. The number of carbonyl (C=O) groups is 1. The maximum Gasteiger partial charge on any atom is 0.304 e. The van der Waals surface area contributed by atoms with Gasteiger partial charge < -0.3 is 10.2 Å². The second-order valence-corrected chi connectivity index (χ2v) is 3.67. The van der Waals surface area contributed by atoms with E-state index >= 15 is 0 Å². The normalized spacial score (nSPS) is 24.6. The number of aliphatic hydroxyl groups is 1. The molecule has 2 atom stereocenters. The molecule has 74 valence electrons. The quantitative estimate of drug-likeness (QED) is 0.739. The molecule has 0 saturated heterocycles. The Kier molecular flexibility index (Phi) is 2.25. The first-order chi connectivity index (χ1) is 6.68. The molecule has 1 aromatic carbocycles. The number of hydrogen-bond acceptors (Lipinski definition) is 2. The molecule has 0 heterocycles. The molecule has 0 fully saturated rings. The summed E-state index contributed by atoms with van der Waals surface area (Å²) in [4.78, 5) is 10.6. The van der Waals surface area contributed by atoms with Crippen LogP contribution in [-0.4, -0.2) is 22.3 Å². The summed E-state index contributed by atoms with van der Waals surface area (Å²) in [6.45, 7) is 0. The van der Waals surface area contributed by atoms with Crippen LogP contribution in [0.1, 0.15) is 23.5 Å². The summed E-state index contributed by atoms with van der Waals surface area (Å²) in [5.74, 6) is -1.09. The monoisotopic (exact) mass is 192 g/mol. The maximum absolute atomic E-state index is 10.6. The molecule has 2 rings (SSSR count). The minimum Gasteiger partial charge on any atom is -0.481 e. The van der Waals surface area contributed by atoms with Crippen molar-refractivity contribution in [1.29, 1.82) is 0 Å². The van der Waals surface area contributed by atoms with Gasteiger partial charge >= 0.3 is 5.97 Å². The molecule has 3 nitrogen and oxygen atoms in total. The molecule has 1 aliphatic rings.